The number of nitrogens with one attached hydrogen (secondary N) is 2. The second kappa shape index (κ2) is 7.89. The van der Waals surface area contributed by atoms with Gasteiger partial charge in [0.25, 0.3) is 0 Å². The number of halogens is 2. The van der Waals surface area contributed by atoms with Crippen molar-refractivity contribution in [2.75, 3.05) is 16.3 Å². The van der Waals surface area contributed by atoms with Crippen LogP contribution in [0.3, 0.4) is 0 Å². The van der Waals surface area contributed by atoms with Crippen molar-refractivity contribution in [1.82, 2.24) is 9.97 Å². The first-order chi connectivity index (χ1) is 14.3. The summed E-state index contributed by atoms with van der Waals surface area (Å²) in [5.41, 5.74) is 3.46. The van der Waals surface area contributed by atoms with Crippen LogP contribution in [0.1, 0.15) is 0 Å². The Morgan fingerprint density at radius 1 is 0.933 bits per heavy atom. The van der Waals surface area contributed by atoms with Crippen molar-refractivity contribution in [1.29, 1.82) is 0 Å². The summed E-state index contributed by atoms with van der Waals surface area (Å²) in [7, 11) is -3.38. The molecular weight excluding hydrogens is 427 g/mol. The first-order valence-electron chi connectivity index (χ1n) is 8.83. The number of sulfonamides is 1. The van der Waals surface area contributed by atoms with Crippen LogP contribution in [-0.2, 0) is 10.0 Å². The van der Waals surface area contributed by atoms with Gasteiger partial charge in [-0.15, -0.1) is 0 Å². The van der Waals surface area contributed by atoms with E-state index in [4.69, 9.17) is 11.6 Å². The molecule has 30 heavy (non-hydrogen) atoms. The number of anilines is 3. The van der Waals surface area contributed by atoms with Gasteiger partial charge < -0.3 is 5.32 Å². The van der Waals surface area contributed by atoms with Gasteiger partial charge in [-0.2, -0.15) is 0 Å². The molecule has 4 rings (SSSR count). The Hall–Kier alpha value is -3.23. The van der Waals surface area contributed by atoms with Crippen molar-refractivity contribution in [2.24, 2.45) is 0 Å². The number of fused-ring (bicyclic) bond motifs is 1. The zero-order chi connectivity index (χ0) is 21.3. The van der Waals surface area contributed by atoms with Crippen molar-refractivity contribution in [2.45, 2.75) is 0 Å². The predicted octanol–water partition coefficient (Wildman–Crippen LogP) is 5.20. The van der Waals surface area contributed by atoms with E-state index in [1.165, 1.54) is 18.5 Å². The number of rotatable bonds is 5. The quantitative estimate of drug-likeness (QED) is 0.443. The molecular formula is C21H16ClFN4O2S. The van der Waals surface area contributed by atoms with E-state index >= 15 is 0 Å². The Balaban J connectivity index is 1.74. The van der Waals surface area contributed by atoms with Gasteiger partial charge >= 0.3 is 0 Å². The van der Waals surface area contributed by atoms with Gasteiger partial charge in [-0.05, 0) is 53.6 Å². The molecule has 0 bridgehead atoms. The number of benzene rings is 3. The first-order valence-corrected chi connectivity index (χ1v) is 11.1. The van der Waals surface area contributed by atoms with Crippen LogP contribution < -0.4 is 10.0 Å². The standard InChI is InChI=1S/C21H16ClFN4O2S/c1-30(28,29)27-16-4-2-3-13(9-16)14-5-8-20-17(10-14)21(25-12-24-20)26-15-6-7-19(23)18(22)11-15/h2-12,27H,1H3,(H,24,25,26). The SMILES string of the molecule is CS(=O)(=O)Nc1cccc(-c2ccc3ncnc(Nc4ccc(F)c(Cl)c4)c3c2)c1. The second-order valence-electron chi connectivity index (χ2n) is 6.66. The minimum absolute atomic E-state index is 0.00856. The van der Waals surface area contributed by atoms with Gasteiger partial charge in [-0.1, -0.05) is 29.8 Å². The van der Waals surface area contributed by atoms with Crippen molar-refractivity contribution in [3.05, 3.63) is 77.8 Å². The smallest absolute Gasteiger partial charge is 0.229 e. The molecule has 0 unspecified atom stereocenters. The molecule has 9 heteroatoms. The molecule has 1 aromatic heterocycles. The highest BCUT2D eigenvalue weighted by Crippen LogP contribution is 2.30. The fourth-order valence-corrected chi connectivity index (χ4v) is 3.76. The third-order valence-corrected chi connectivity index (χ3v) is 5.21. The summed E-state index contributed by atoms with van der Waals surface area (Å²) in [4.78, 5) is 8.59. The maximum Gasteiger partial charge on any atom is 0.229 e. The summed E-state index contributed by atoms with van der Waals surface area (Å²) >= 11 is 5.87. The molecule has 0 aliphatic heterocycles. The van der Waals surface area contributed by atoms with E-state index in [-0.39, 0.29) is 5.02 Å². The van der Waals surface area contributed by atoms with E-state index in [0.717, 1.165) is 28.3 Å². The van der Waals surface area contributed by atoms with Crippen LogP contribution in [0.5, 0.6) is 0 Å². The predicted molar refractivity (Wildman–Crippen MR) is 118 cm³/mol. The molecule has 152 valence electrons. The molecule has 0 fully saturated rings. The highest BCUT2D eigenvalue weighted by atomic mass is 35.5. The van der Waals surface area contributed by atoms with E-state index < -0.39 is 15.8 Å². The van der Waals surface area contributed by atoms with Gasteiger partial charge in [0.2, 0.25) is 10.0 Å². The fraction of sp³-hybridized carbons (Fsp3) is 0.0476. The van der Waals surface area contributed by atoms with Crippen molar-refractivity contribution in [3.8, 4) is 11.1 Å². The molecule has 0 saturated carbocycles. The summed E-state index contributed by atoms with van der Waals surface area (Å²) in [5.74, 6) is 0.0366. The lowest BCUT2D eigenvalue weighted by atomic mass is 10.0. The average molecular weight is 443 g/mol. The topological polar surface area (TPSA) is 84.0 Å². The second-order valence-corrected chi connectivity index (χ2v) is 8.82. The molecule has 4 aromatic rings. The lowest BCUT2D eigenvalue weighted by Crippen LogP contribution is -2.09. The highest BCUT2D eigenvalue weighted by Gasteiger charge is 2.09. The van der Waals surface area contributed by atoms with Crippen LogP contribution in [0, 0.1) is 5.82 Å². The van der Waals surface area contributed by atoms with E-state index in [1.807, 2.05) is 24.3 Å². The monoisotopic (exact) mass is 442 g/mol. The maximum absolute atomic E-state index is 13.4. The molecule has 0 spiro atoms. The molecule has 0 saturated heterocycles. The largest absolute Gasteiger partial charge is 0.340 e. The molecule has 1 heterocycles. The minimum atomic E-state index is -3.38. The molecule has 0 radical (unpaired) electrons. The van der Waals surface area contributed by atoms with Crippen LogP contribution >= 0.6 is 11.6 Å². The van der Waals surface area contributed by atoms with Crippen molar-refractivity contribution >= 4 is 49.7 Å². The van der Waals surface area contributed by atoms with E-state index in [9.17, 15) is 12.8 Å². The third kappa shape index (κ3) is 4.50. The van der Waals surface area contributed by atoms with Gasteiger partial charge in [-0.25, -0.2) is 22.8 Å². The lowest BCUT2D eigenvalue weighted by molar-refractivity contribution is 0.607. The average Bonchev–Trinajstić information content (AvgIpc) is 2.70. The van der Waals surface area contributed by atoms with E-state index in [2.05, 4.69) is 20.0 Å². The lowest BCUT2D eigenvalue weighted by Gasteiger charge is -2.11. The molecule has 0 aliphatic rings. The Labute approximate surface area is 177 Å². The normalized spacial score (nSPS) is 11.4. The van der Waals surface area contributed by atoms with Crippen LogP contribution in [-0.4, -0.2) is 24.6 Å². The van der Waals surface area contributed by atoms with Crippen molar-refractivity contribution < 1.29 is 12.8 Å². The fourth-order valence-electron chi connectivity index (χ4n) is 3.02. The Bertz CT molecular complexity index is 1360. The summed E-state index contributed by atoms with van der Waals surface area (Å²) in [6.45, 7) is 0. The van der Waals surface area contributed by atoms with Gasteiger partial charge in [-0.3, -0.25) is 4.72 Å². The van der Waals surface area contributed by atoms with Gasteiger partial charge in [0.05, 0.1) is 16.8 Å². The number of hydrogen-bond donors (Lipinski definition) is 2. The van der Waals surface area contributed by atoms with E-state index in [0.29, 0.717) is 17.2 Å². The van der Waals surface area contributed by atoms with Crippen LogP contribution in [0.4, 0.5) is 21.6 Å². The van der Waals surface area contributed by atoms with Crippen LogP contribution in [0.25, 0.3) is 22.0 Å². The summed E-state index contributed by atoms with van der Waals surface area (Å²) in [6.07, 6.45) is 2.54. The number of aromatic nitrogens is 2. The molecule has 2 N–H and O–H groups in total. The Kier molecular flexibility index (Phi) is 5.27. The maximum atomic E-state index is 13.4. The molecule has 6 nitrogen and oxygen atoms in total. The van der Waals surface area contributed by atoms with Crippen LogP contribution in [0.15, 0.2) is 67.0 Å². The Morgan fingerprint density at radius 2 is 1.73 bits per heavy atom. The van der Waals surface area contributed by atoms with Gasteiger partial charge in [0.1, 0.15) is 18.0 Å². The minimum Gasteiger partial charge on any atom is -0.340 e. The summed E-state index contributed by atoms with van der Waals surface area (Å²) < 4.78 is 38.9. The van der Waals surface area contributed by atoms with Crippen LogP contribution in [0.2, 0.25) is 5.02 Å². The first kappa shape index (κ1) is 20.1. The van der Waals surface area contributed by atoms with Crippen molar-refractivity contribution in [3.63, 3.8) is 0 Å². The summed E-state index contributed by atoms with van der Waals surface area (Å²) in [5, 5.41) is 3.90. The zero-order valence-electron chi connectivity index (χ0n) is 15.7. The van der Waals surface area contributed by atoms with E-state index in [1.54, 1.807) is 24.3 Å². The van der Waals surface area contributed by atoms with Gasteiger partial charge in [0.15, 0.2) is 0 Å². The number of hydrogen-bond acceptors (Lipinski definition) is 5. The third-order valence-electron chi connectivity index (χ3n) is 4.32. The molecule has 3 aromatic carbocycles. The van der Waals surface area contributed by atoms with Gasteiger partial charge in [0, 0.05) is 16.8 Å². The molecule has 0 aliphatic carbocycles. The molecule has 0 atom stereocenters. The Morgan fingerprint density at radius 3 is 2.50 bits per heavy atom. The highest BCUT2D eigenvalue weighted by molar-refractivity contribution is 7.92. The molecule has 0 amide bonds. The summed E-state index contributed by atoms with van der Waals surface area (Å²) in [6, 6.07) is 17.1. The zero-order valence-corrected chi connectivity index (χ0v) is 17.3. The number of nitrogens with zero attached hydrogens (tertiary/aromatic N) is 2.